The number of nitrogens with zero attached hydrogens (tertiary/aromatic N) is 2. The van der Waals surface area contributed by atoms with Crippen molar-refractivity contribution in [2.24, 2.45) is 0 Å². The molecule has 2 aromatic carbocycles. The zero-order valence-electron chi connectivity index (χ0n) is 16.8. The Morgan fingerprint density at radius 1 is 0.966 bits per heavy atom. The van der Waals surface area contributed by atoms with Crippen LogP contribution in [-0.4, -0.2) is 43.6 Å². The third-order valence-corrected chi connectivity index (χ3v) is 5.71. The van der Waals surface area contributed by atoms with Crippen molar-refractivity contribution in [1.82, 2.24) is 4.90 Å². The minimum absolute atomic E-state index is 0.0673. The Balaban J connectivity index is 1.72. The Morgan fingerprint density at radius 2 is 1.69 bits per heavy atom. The van der Waals surface area contributed by atoms with Gasteiger partial charge >= 0.3 is 6.09 Å². The molecule has 29 heavy (non-hydrogen) atoms. The monoisotopic (exact) mass is 393 g/mol. The van der Waals surface area contributed by atoms with E-state index in [1.54, 1.807) is 0 Å². The highest BCUT2D eigenvalue weighted by Crippen LogP contribution is 2.37. The van der Waals surface area contributed by atoms with Crippen LogP contribution in [0.4, 0.5) is 21.9 Å². The van der Waals surface area contributed by atoms with Crippen LogP contribution in [0.5, 0.6) is 0 Å². The number of nitrogens with one attached hydrogen (secondary N) is 1. The summed E-state index contributed by atoms with van der Waals surface area (Å²) in [4.78, 5) is 29.3. The quantitative estimate of drug-likeness (QED) is 0.852. The Hall–Kier alpha value is -2.86. The van der Waals surface area contributed by atoms with Gasteiger partial charge in [0, 0.05) is 5.69 Å². The molecule has 4 rings (SSSR count). The number of carbonyl (C=O) groups excluding carboxylic acids is 2. The Bertz CT molecular complexity index is 906. The zero-order valence-corrected chi connectivity index (χ0v) is 16.8. The van der Waals surface area contributed by atoms with Crippen LogP contribution in [0.2, 0.25) is 0 Å². The molecular weight excluding hydrogens is 366 g/mol. The van der Waals surface area contributed by atoms with E-state index in [2.05, 4.69) is 16.3 Å². The molecule has 0 bridgehead atoms. The maximum atomic E-state index is 13.5. The van der Waals surface area contributed by atoms with Gasteiger partial charge in [0.2, 0.25) is 5.91 Å². The van der Waals surface area contributed by atoms with Gasteiger partial charge in [-0.3, -0.25) is 19.9 Å². The molecule has 1 fully saturated rings. The van der Waals surface area contributed by atoms with Crippen LogP contribution in [0.1, 0.15) is 30.4 Å². The van der Waals surface area contributed by atoms with Crippen LogP contribution in [0, 0.1) is 0 Å². The summed E-state index contributed by atoms with van der Waals surface area (Å²) < 4.78 is 4.72. The van der Waals surface area contributed by atoms with E-state index in [1.807, 2.05) is 41.3 Å². The lowest BCUT2D eigenvalue weighted by Crippen LogP contribution is -2.40. The third kappa shape index (κ3) is 4.27. The molecule has 1 N–H and O–H groups in total. The third-order valence-electron chi connectivity index (χ3n) is 5.71. The van der Waals surface area contributed by atoms with Gasteiger partial charge in [0.1, 0.15) is 0 Å². The van der Waals surface area contributed by atoms with Crippen molar-refractivity contribution in [3.63, 3.8) is 0 Å². The Labute approximate surface area is 171 Å². The predicted molar refractivity (Wildman–Crippen MR) is 114 cm³/mol. The van der Waals surface area contributed by atoms with E-state index in [-0.39, 0.29) is 5.91 Å². The first-order chi connectivity index (χ1) is 14.2. The zero-order chi connectivity index (χ0) is 20.2. The number of ether oxygens (including phenoxy) is 1. The number of piperidine rings is 1. The lowest BCUT2D eigenvalue weighted by molar-refractivity contribution is -0.119. The minimum Gasteiger partial charge on any atom is -0.453 e. The van der Waals surface area contributed by atoms with Crippen molar-refractivity contribution in [2.75, 3.05) is 37.0 Å². The number of hydrogen-bond acceptors (Lipinski definition) is 4. The van der Waals surface area contributed by atoms with Crippen molar-refractivity contribution < 1.29 is 14.3 Å². The molecular formula is C23H27N3O3. The molecule has 2 aliphatic rings. The Kier molecular flexibility index (Phi) is 5.81. The molecule has 2 aromatic rings. The summed E-state index contributed by atoms with van der Waals surface area (Å²) >= 11 is 0. The van der Waals surface area contributed by atoms with Crippen LogP contribution >= 0.6 is 0 Å². The second-order valence-electron chi connectivity index (χ2n) is 7.65. The fraction of sp³-hybridized carbons (Fsp3) is 0.391. The fourth-order valence-electron chi connectivity index (χ4n) is 4.22. The second kappa shape index (κ2) is 8.66. The van der Waals surface area contributed by atoms with Gasteiger partial charge in [-0.1, -0.05) is 30.7 Å². The highest BCUT2D eigenvalue weighted by molar-refractivity contribution is 6.04. The fourth-order valence-corrected chi connectivity index (χ4v) is 4.22. The minimum atomic E-state index is -0.523. The lowest BCUT2D eigenvalue weighted by atomic mass is 10.0. The smallest absolute Gasteiger partial charge is 0.411 e. The largest absolute Gasteiger partial charge is 0.453 e. The van der Waals surface area contributed by atoms with Gasteiger partial charge in [-0.15, -0.1) is 0 Å². The van der Waals surface area contributed by atoms with Crippen LogP contribution < -0.4 is 10.2 Å². The number of methoxy groups -OCH3 is 1. The summed E-state index contributed by atoms with van der Waals surface area (Å²) in [6, 6.07) is 13.8. The van der Waals surface area contributed by atoms with Gasteiger partial charge in [0.05, 0.1) is 25.0 Å². The number of carbonyl (C=O) groups is 2. The predicted octanol–water partition coefficient (Wildman–Crippen LogP) is 4.11. The van der Waals surface area contributed by atoms with Gasteiger partial charge in [0.25, 0.3) is 0 Å². The normalized spacial score (nSPS) is 16.4. The highest BCUT2D eigenvalue weighted by Gasteiger charge is 2.27. The van der Waals surface area contributed by atoms with Gasteiger partial charge in [-0.05, 0) is 68.1 Å². The molecule has 0 unspecified atom stereocenters. The van der Waals surface area contributed by atoms with Crippen molar-refractivity contribution in [1.29, 1.82) is 0 Å². The number of hydrogen-bond donors (Lipinski definition) is 1. The van der Waals surface area contributed by atoms with E-state index in [9.17, 15) is 9.59 Å². The van der Waals surface area contributed by atoms with E-state index in [0.717, 1.165) is 61.3 Å². The first kappa shape index (κ1) is 19.5. The first-order valence-corrected chi connectivity index (χ1v) is 10.3. The number of amides is 2. The summed E-state index contributed by atoms with van der Waals surface area (Å²) in [5.74, 6) is 0.0673. The van der Waals surface area contributed by atoms with Gasteiger partial charge in [-0.2, -0.15) is 0 Å². The van der Waals surface area contributed by atoms with Crippen molar-refractivity contribution >= 4 is 29.1 Å². The van der Waals surface area contributed by atoms with Crippen LogP contribution in [0.15, 0.2) is 42.5 Å². The number of para-hydroxylation sites is 1. The van der Waals surface area contributed by atoms with Crippen LogP contribution in [0.3, 0.4) is 0 Å². The topological polar surface area (TPSA) is 61.9 Å². The maximum Gasteiger partial charge on any atom is 0.411 e. The van der Waals surface area contributed by atoms with Crippen molar-refractivity contribution in [3.05, 3.63) is 53.6 Å². The van der Waals surface area contributed by atoms with Gasteiger partial charge in [-0.25, -0.2) is 4.79 Å². The summed E-state index contributed by atoms with van der Waals surface area (Å²) in [5, 5.41) is 2.72. The van der Waals surface area contributed by atoms with Gasteiger partial charge in [0.15, 0.2) is 0 Å². The molecule has 1 saturated heterocycles. The molecule has 0 saturated carbocycles. The van der Waals surface area contributed by atoms with Crippen molar-refractivity contribution in [2.45, 2.75) is 32.1 Å². The molecule has 0 radical (unpaired) electrons. The van der Waals surface area contributed by atoms with Crippen LogP contribution in [0.25, 0.3) is 0 Å². The summed E-state index contributed by atoms with van der Waals surface area (Å²) in [5.41, 5.74) is 4.65. The van der Waals surface area contributed by atoms with Crippen LogP contribution in [-0.2, 0) is 22.4 Å². The van der Waals surface area contributed by atoms with E-state index < -0.39 is 6.09 Å². The van der Waals surface area contributed by atoms with Crippen molar-refractivity contribution in [3.8, 4) is 0 Å². The number of aryl methyl sites for hydroxylation is 2. The SMILES string of the molecule is COC(=O)Nc1ccc2c(c1)N(C(=O)CN1CCCCC1)c1ccccc1CC2. The molecule has 152 valence electrons. The van der Waals surface area contributed by atoms with Gasteiger partial charge < -0.3 is 4.74 Å². The summed E-state index contributed by atoms with van der Waals surface area (Å²) in [7, 11) is 1.34. The number of fused-ring (bicyclic) bond motifs is 2. The molecule has 0 aliphatic carbocycles. The summed E-state index contributed by atoms with van der Waals surface area (Å²) in [6.45, 7) is 2.35. The molecule has 6 heteroatoms. The summed E-state index contributed by atoms with van der Waals surface area (Å²) in [6.07, 6.45) is 4.73. The number of anilines is 3. The Morgan fingerprint density at radius 3 is 2.45 bits per heavy atom. The van der Waals surface area contributed by atoms with E-state index in [0.29, 0.717) is 12.2 Å². The molecule has 0 aromatic heterocycles. The van der Waals surface area contributed by atoms with E-state index >= 15 is 0 Å². The molecule has 0 spiro atoms. The standard InChI is InChI=1S/C23H27N3O3/c1-29-23(28)24-19-12-11-18-10-9-17-7-3-4-8-20(17)26(21(18)15-19)22(27)16-25-13-5-2-6-14-25/h3-4,7-8,11-12,15H,2,5-6,9-10,13-14,16H2,1H3,(H,24,28). The molecule has 0 atom stereocenters. The average Bonchev–Trinajstić information content (AvgIpc) is 2.91. The first-order valence-electron chi connectivity index (χ1n) is 10.3. The maximum absolute atomic E-state index is 13.5. The lowest BCUT2D eigenvalue weighted by Gasteiger charge is -2.30. The average molecular weight is 393 g/mol. The van der Waals surface area contributed by atoms with E-state index in [1.165, 1.54) is 13.5 Å². The molecule has 6 nitrogen and oxygen atoms in total. The number of benzene rings is 2. The molecule has 2 heterocycles. The highest BCUT2D eigenvalue weighted by atomic mass is 16.5. The molecule has 2 aliphatic heterocycles. The van der Waals surface area contributed by atoms with E-state index in [4.69, 9.17) is 4.74 Å². The molecule has 2 amide bonds. The number of likely N-dealkylation sites (tertiary alicyclic amines) is 1. The second-order valence-corrected chi connectivity index (χ2v) is 7.65. The number of rotatable bonds is 3.